The minimum absolute atomic E-state index is 0.0928. The molecule has 0 saturated heterocycles. The Morgan fingerprint density at radius 3 is 2.68 bits per heavy atom. The quantitative estimate of drug-likeness (QED) is 0.390. The third-order valence-corrected chi connectivity index (χ3v) is 5.53. The van der Waals surface area contributed by atoms with Crippen molar-refractivity contribution in [2.24, 2.45) is 0 Å². The van der Waals surface area contributed by atoms with Crippen LogP contribution in [0.25, 0.3) is 21.9 Å². The molecule has 2 heterocycles. The summed E-state index contributed by atoms with van der Waals surface area (Å²) in [4.78, 5) is 33.0. The number of para-hydroxylation sites is 1. The van der Waals surface area contributed by atoms with E-state index in [2.05, 4.69) is 10.3 Å². The number of thioether (sulfide) groups is 1. The number of H-pyrrole nitrogens is 1. The van der Waals surface area contributed by atoms with E-state index in [1.807, 2.05) is 61.5 Å². The Balaban J connectivity index is 1.56. The van der Waals surface area contributed by atoms with Gasteiger partial charge in [0.2, 0.25) is 5.91 Å². The highest BCUT2D eigenvalue weighted by molar-refractivity contribution is 7.99. The zero-order valence-electron chi connectivity index (χ0n) is 15.4. The van der Waals surface area contributed by atoms with E-state index in [0.29, 0.717) is 29.3 Å². The van der Waals surface area contributed by atoms with Crippen LogP contribution in [0.5, 0.6) is 0 Å². The van der Waals surface area contributed by atoms with Crippen molar-refractivity contribution in [1.82, 2.24) is 19.9 Å². The first-order chi connectivity index (χ1) is 13.7. The Hall–Kier alpha value is -3.06. The second-order valence-electron chi connectivity index (χ2n) is 6.39. The molecule has 1 amide bonds. The van der Waals surface area contributed by atoms with Crippen LogP contribution in [0.4, 0.5) is 0 Å². The lowest BCUT2D eigenvalue weighted by Crippen LogP contribution is -2.26. The van der Waals surface area contributed by atoms with Crippen molar-refractivity contribution in [1.29, 1.82) is 0 Å². The molecule has 0 unspecified atom stereocenters. The van der Waals surface area contributed by atoms with E-state index >= 15 is 0 Å². The number of rotatable bonds is 6. The van der Waals surface area contributed by atoms with Gasteiger partial charge in [-0.15, -0.1) is 0 Å². The number of aromatic amines is 1. The average molecular weight is 392 g/mol. The van der Waals surface area contributed by atoms with Gasteiger partial charge in [0, 0.05) is 24.0 Å². The van der Waals surface area contributed by atoms with E-state index in [1.165, 1.54) is 11.8 Å². The van der Waals surface area contributed by atoms with Gasteiger partial charge < -0.3 is 10.3 Å². The lowest BCUT2D eigenvalue weighted by molar-refractivity contribution is -0.118. The lowest BCUT2D eigenvalue weighted by atomic mass is 10.2. The number of nitrogens with one attached hydrogen (secondary N) is 2. The Labute approximate surface area is 166 Å². The lowest BCUT2D eigenvalue weighted by Gasteiger charge is -2.10. The molecule has 0 radical (unpaired) electrons. The van der Waals surface area contributed by atoms with Gasteiger partial charge in [-0.2, -0.15) is 0 Å². The number of benzene rings is 2. The van der Waals surface area contributed by atoms with Crippen LogP contribution in [-0.2, 0) is 17.9 Å². The van der Waals surface area contributed by atoms with Crippen LogP contribution in [0.15, 0.2) is 64.5 Å². The molecule has 2 aromatic heterocycles. The number of aromatic nitrogens is 3. The first-order valence-electron chi connectivity index (χ1n) is 9.12. The molecular weight excluding hydrogens is 372 g/mol. The van der Waals surface area contributed by atoms with Crippen LogP contribution in [0.3, 0.4) is 0 Å². The highest BCUT2D eigenvalue weighted by atomic mass is 32.2. The van der Waals surface area contributed by atoms with Crippen molar-refractivity contribution in [2.75, 3.05) is 5.75 Å². The van der Waals surface area contributed by atoms with Crippen LogP contribution >= 0.6 is 11.8 Å². The summed E-state index contributed by atoms with van der Waals surface area (Å²) in [5.74, 6) is 0.109. The first-order valence-corrected chi connectivity index (χ1v) is 10.1. The molecule has 0 fully saturated rings. The number of hydrogen-bond donors (Lipinski definition) is 2. The standard InChI is InChI=1S/C21H20N4O2S/c1-2-25-20(27)19-18(15-10-6-7-11-16(15)23-19)24-21(25)28-13-17(26)22-12-14-8-4-3-5-9-14/h3-11,23H,2,12-13H2,1H3,(H,22,26). The average Bonchev–Trinajstić information content (AvgIpc) is 3.10. The minimum Gasteiger partial charge on any atom is -0.351 e. The molecule has 2 N–H and O–H groups in total. The molecule has 0 aliphatic heterocycles. The van der Waals surface area contributed by atoms with Gasteiger partial charge in [-0.05, 0) is 18.6 Å². The topological polar surface area (TPSA) is 79.8 Å². The fraction of sp³-hybridized carbons (Fsp3) is 0.190. The Morgan fingerprint density at radius 1 is 1.14 bits per heavy atom. The molecule has 4 aromatic rings. The predicted octanol–water partition coefficient (Wildman–Crippen LogP) is 3.31. The Kier molecular flexibility index (Phi) is 5.16. The van der Waals surface area contributed by atoms with Crippen molar-refractivity contribution in [3.63, 3.8) is 0 Å². The van der Waals surface area contributed by atoms with Crippen molar-refractivity contribution < 1.29 is 4.79 Å². The molecular formula is C21H20N4O2S. The highest BCUT2D eigenvalue weighted by Gasteiger charge is 2.15. The van der Waals surface area contributed by atoms with E-state index in [0.717, 1.165) is 16.5 Å². The number of hydrogen-bond acceptors (Lipinski definition) is 4. The summed E-state index contributed by atoms with van der Waals surface area (Å²) in [5.41, 5.74) is 2.96. The largest absolute Gasteiger partial charge is 0.351 e. The van der Waals surface area contributed by atoms with E-state index in [1.54, 1.807) is 4.57 Å². The molecule has 2 aromatic carbocycles. The number of carbonyl (C=O) groups is 1. The summed E-state index contributed by atoms with van der Waals surface area (Å²) in [6.45, 7) is 2.87. The third-order valence-electron chi connectivity index (χ3n) is 4.56. The summed E-state index contributed by atoms with van der Waals surface area (Å²) in [7, 11) is 0. The second-order valence-corrected chi connectivity index (χ2v) is 7.33. The maximum atomic E-state index is 12.9. The van der Waals surface area contributed by atoms with Crippen LogP contribution in [0.2, 0.25) is 0 Å². The zero-order chi connectivity index (χ0) is 19.5. The van der Waals surface area contributed by atoms with Crippen LogP contribution in [-0.4, -0.2) is 26.2 Å². The number of fused-ring (bicyclic) bond motifs is 3. The second kappa shape index (κ2) is 7.90. The van der Waals surface area contributed by atoms with Gasteiger partial charge in [-0.25, -0.2) is 4.98 Å². The molecule has 0 aliphatic carbocycles. The van der Waals surface area contributed by atoms with Crippen LogP contribution in [0, 0.1) is 0 Å². The molecule has 7 heteroatoms. The number of carbonyl (C=O) groups excluding carboxylic acids is 1. The SMILES string of the molecule is CCn1c(SCC(=O)NCc2ccccc2)nc2c([nH]c3ccccc32)c1=O. The smallest absolute Gasteiger partial charge is 0.278 e. The van der Waals surface area contributed by atoms with Gasteiger partial charge in [-0.1, -0.05) is 60.3 Å². The number of nitrogens with zero attached hydrogens (tertiary/aromatic N) is 2. The van der Waals surface area contributed by atoms with Crippen LogP contribution in [0.1, 0.15) is 12.5 Å². The molecule has 28 heavy (non-hydrogen) atoms. The summed E-state index contributed by atoms with van der Waals surface area (Å²) < 4.78 is 1.60. The molecule has 0 atom stereocenters. The molecule has 142 valence electrons. The Morgan fingerprint density at radius 2 is 1.89 bits per heavy atom. The fourth-order valence-electron chi connectivity index (χ4n) is 3.14. The van der Waals surface area contributed by atoms with Crippen LogP contribution < -0.4 is 10.9 Å². The summed E-state index contributed by atoms with van der Waals surface area (Å²) in [6.07, 6.45) is 0. The van der Waals surface area contributed by atoms with Gasteiger partial charge in [0.15, 0.2) is 5.16 Å². The van der Waals surface area contributed by atoms with Crippen molar-refractivity contribution in [3.05, 3.63) is 70.5 Å². The van der Waals surface area contributed by atoms with E-state index in [4.69, 9.17) is 4.98 Å². The van der Waals surface area contributed by atoms with E-state index in [-0.39, 0.29) is 17.2 Å². The van der Waals surface area contributed by atoms with Crippen molar-refractivity contribution >= 4 is 39.6 Å². The van der Waals surface area contributed by atoms with Gasteiger partial charge >= 0.3 is 0 Å². The minimum atomic E-state index is -0.115. The van der Waals surface area contributed by atoms with Gasteiger partial charge in [0.05, 0.1) is 5.75 Å². The maximum absolute atomic E-state index is 12.9. The summed E-state index contributed by atoms with van der Waals surface area (Å²) in [5, 5.41) is 4.37. The molecule has 0 spiro atoms. The van der Waals surface area contributed by atoms with E-state index < -0.39 is 0 Å². The predicted molar refractivity (Wildman–Crippen MR) is 113 cm³/mol. The van der Waals surface area contributed by atoms with E-state index in [9.17, 15) is 9.59 Å². The first kappa shape index (κ1) is 18.3. The molecule has 4 rings (SSSR count). The van der Waals surface area contributed by atoms with Gasteiger partial charge in [-0.3, -0.25) is 14.2 Å². The zero-order valence-corrected chi connectivity index (χ0v) is 16.3. The van der Waals surface area contributed by atoms with Gasteiger partial charge in [0.1, 0.15) is 11.0 Å². The maximum Gasteiger partial charge on any atom is 0.278 e. The highest BCUT2D eigenvalue weighted by Crippen LogP contribution is 2.24. The Bertz CT molecular complexity index is 1200. The monoisotopic (exact) mass is 392 g/mol. The van der Waals surface area contributed by atoms with Crippen molar-refractivity contribution in [3.8, 4) is 0 Å². The van der Waals surface area contributed by atoms with Gasteiger partial charge in [0.25, 0.3) is 5.56 Å². The molecule has 0 aliphatic rings. The molecule has 0 saturated carbocycles. The third kappa shape index (κ3) is 3.53. The fourth-order valence-corrected chi connectivity index (χ4v) is 4.03. The summed E-state index contributed by atoms with van der Waals surface area (Å²) >= 11 is 1.28. The summed E-state index contributed by atoms with van der Waals surface area (Å²) in [6, 6.07) is 17.5. The number of amides is 1. The molecule has 0 bridgehead atoms. The van der Waals surface area contributed by atoms with Crippen molar-refractivity contribution in [2.45, 2.75) is 25.2 Å². The molecule has 6 nitrogen and oxygen atoms in total. The normalized spacial score (nSPS) is 11.2.